The van der Waals surface area contributed by atoms with E-state index in [1.807, 2.05) is 60.7 Å². The fraction of sp³-hybridized carbons (Fsp3) is 0.429. The number of thioether (sulfide) groups is 1. The van der Waals surface area contributed by atoms with Gasteiger partial charge in [0.05, 0.1) is 23.5 Å². The fourth-order valence-corrected chi connectivity index (χ4v) is 9.49. The molecule has 1 saturated carbocycles. The van der Waals surface area contributed by atoms with E-state index in [-0.39, 0.29) is 48.7 Å². The van der Waals surface area contributed by atoms with Gasteiger partial charge in [-0.2, -0.15) is 0 Å². The maximum atomic E-state index is 13.1. The predicted octanol–water partition coefficient (Wildman–Crippen LogP) is 8.03. The van der Waals surface area contributed by atoms with Gasteiger partial charge in [-0.3, -0.25) is 0 Å². The second-order valence-electron chi connectivity index (χ2n) is 13.6. The molecule has 10 heteroatoms. The van der Waals surface area contributed by atoms with E-state index in [9.17, 15) is 15.0 Å². The third-order valence-corrected chi connectivity index (χ3v) is 11.7. The molecule has 3 aromatic rings. The lowest BCUT2D eigenvalue weighted by Gasteiger charge is -2.58. The molecule has 6 rings (SSSR count). The molecule has 0 radical (unpaired) electrons. The average molecular weight is 727 g/mol. The van der Waals surface area contributed by atoms with Crippen molar-refractivity contribution in [1.82, 2.24) is 5.32 Å². The summed E-state index contributed by atoms with van der Waals surface area (Å²) in [7, 11) is 1.58. The first-order chi connectivity index (χ1) is 25.5. The van der Waals surface area contributed by atoms with E-state index in [1.165, 1.54) is 0 Å². The molecule has 276 valence electrons. The van der Waals surface area contributed by atoms with Crippen molar-refractivity contribution >= 4 is 23.6 Å². The Balaban J connectivity index is 1.47. The zero-order valence-electron chi connectivity index (χ0n) is 29.8. The number of fused-ring (bicyclic) bond motifs is 2. The molecule has 52 heavy (non-hydrogen) atoms. The molecule has 0 saturated heterocycles. The number of aliphatic hydroxyl groups excluding tert-OH is 2. The SMILES string of the molecule is C=CCOC12Oc3ccc(OC(=O)NCc4ccccc4)cc3C3C(CCCCO)C(CCCCO)C=C(C(=NOC)CC1Sc1ccccc1)C32. The first-order valence-electron chi connectivity index (χ1n) is 18.3. The largest absolute Gasteiger partial charge is 0.460 e. The maximum Gasteiger partial charge on any atom is 0.412 e. The van der Waals surface area contributed by atoms with Crippen LogP contribution in [-0.4, -0.2) is 60.0 Å². The van der Waals surface area contributed by atoms with Gasteiger partial charge in [-0.1, -0.05) is 78.7 Å². The molecule has 3 aromatic carbocycles. The molecule has 0 bridgehead atoms. The summed E-state index contributed by atoms with van der Waals surface area (Å²) in [5, 5.41) is 26.8. The Morgan fingerprint density at radius 2 is 1.75 bits per heavy atom. The van der Waals surface area contributed by atoms with Crippen molar-refractivity contribution < 1.29 is 34.1 Å². The number of hydrogen-bond donors (Lipinski definition) is 3. The van der Waals surface area contributed by atoms with Gasteiger partial charge in [0.15, 0.2) is 0 Å². The molecule has 6 unspecified atom stereocenters. The number of amides is 1. The van der Waals surface area contributed by atoms with E-state index in [0.717, 1.165) is 53.0 Å². The third kappa shape index (κ3) is 8.41. The number of nitrogens with one attached hydrogen (secondary N) is 1. The second kappa shape index (κ2) is 18.1. The highest BCUT2D eigenvalue weighted by atomic mass is 32.2. The van der Waals surface area contributed by atoms with Crippen LogP contribution in [0.4, 0.5) is 4.79 Å². The molecule has 9 nitrogen and oxygen atoms in total. The number of oxime groups is 1. The van der Waals surface area contributed by atoms with Gasteiger partial charge in [0.1, 0.15) is 18.6 Å². The van der Waals surface area contributed by atoms with Crippen LogP contribution in [0.25, 0.3) is 0 Å². The molecule has 0 spiro atoms. The molecule has 3 aliphatic rings. The van der Waals surface area contributed by atoms with Gasteiger partial charge in [-0.05, 0) is 79.0 Å². The van der Waals surface area contributed by atoms with Gasteiger partial charge in [-0.25, -0.2) is 4.79 Å². The van der Waals surface area contributed by atoms with Crippen LogP contribution in [0.2, 0.25) is 0 Å². The zero-order valence-corrected chi connectivity index (χ0v) is 30.6. The fourth-order valence-electron chi connectivity index (χ4n) is 8.17. The Morgan fingerprint density at radius 1 is 1.02 bits per heavy atom. The van der Waals surface area contributed by atoms with E-state index in [4.69, 9.17) is 19.0 Å². The van der Waals surface area contributed by atoms with Crippen LogP contribution in [0.1, 0.15) is 62.0 Å². The Morgan fingerprint density at radius 3 is 2.46 bits per heavy atom. The summed E-state index contributed by atoms with van der Waals surface area (Å²) in [6, 6.07) is 25.6. The standard InChI is InChI=1S/C42H50N2O7S/c1-3-24-49-42-38(52-32-17-8-5-9-18-32)27-36(44-48-2)34-25-30(16-10-12-22-45)33(19-11-13-23-46)39(40(34)42)35-26-31(20-21-37(35)51-42)50-41(47)43-28-29-14-6-4-7-15-29/h3-9,14-15,17-18,20-21,25-26,30,33,38-40,45-46H,1,10-13,16,19,22-24,27-28H2,2H3,(H,43,47). The summed E-state index contributed by atoms with van der Waals surface area (Å²) >= 11 is 1.71. The van der Waals surface area contributed by atoms with Crippen LogP contribution < -0.4 is 14.8 Å². The van der Waals surface area contributed by atoms with Gasteiger partial charge < -0.3 is 34.6 Å². The minimum Gasteiger partial charge on any atom is -0.460 e. The van der Waals surface area contributed by atoms with Crippen molar-refractivity contribution in [1.29, 1.82) is 0 Å². The lowest BCUT2D eigenvalue weighted by atomic mass is 9.56. The Kier molecular flexibility index (Phi) is 13.1. The monoisotopic (exact) mass is 726 g/mol. The number of carbonyl (C=O) groups is 1. The highest BCUT2D eigenvalue weighted by molar-refractivity contribution is 8.00. The van der Waals surface area contributed by atoms with Gasteiger partial charge in [-0.15, -0.1) is 18.3 Å². The summed E-state index contributed by atoms with van der Waals surface area (Å²) in [5.41, 5.74) is 3.84. The number of allylic oxidation sites excluding steroid dienone is 1. The van der Waals surface area contributed by atoms with Gasteiger partial charge in [0, 0.05) is 42.6 Å². The number of ether oxygens (including phenoxy) is 3. The van der Waals surface area contributed by atoms with Crippen LogP contribution in [0, 0.1) is 17.8 Å². The van der Waals surface area contributed by atoms with Crippen LogP contribution in [0.3, 0.4) is 0 Å². The maximum absolute atomic E-state index is 13.1. The summed E-state index contributed by atoms with van der Waals surface area (Å²) in [6.07, 6.45) is 9.01. The molecule has 1 amide bonds. The van der Waals surface area contributed by atoms with Gasteiger partial charge in [0.25, 0.3) is 0 Å². The minimum absolute atomic E-state index is 0.108. The Hall–Kier alpha value is -4.09. The number of aliphatic hydroxyl groups is 2. The predicted molar refractivity (Wildman–Crippen MR) is 204 cm³/mol. The highest BCUT2D eigenvalue weighted by Gasteiger charge is 2.64. The lowest BCUT2D eigenvalue weighted by molar-refractivity contribution is -0.223. The summed E-state index contributed by atoms with van der Waals surface area (Å²) in [5.74, 6) is -0.0702. The molecular weight excluding hydrogens is 677 g/mol. The van der Waals surface area contributed by atoms with Gasteiger partial charge in [0.2, 0.25) is 5.79 Å². The summed E-state index contributed by atoms with van der Waals surface area (Å²) in [4.78, 5) is 19.7. The number of nitrogens with zero attached hydrogens (tertiary/aromatic N) is 1. The van der Waals surface area contributed by atoms with Crippen molar-refractivity contribution in [2.24, 2.45) is 22.9 Å². The quantitative estimate of drug-likeness (QED) is 0.0727. The molecule has 6 atom stereocenters. The Labute approximate surface area is 311 Å². The van der Waals surface area contributed by atoms with E-state index in [1.54, 1.807) is 31.0 Å². The van der Waals surface area contributed by atoms with E-state index < -0.39 is 11.9 Å². The first kappa shape index (κ1) is 37.7. The lowest BCUT2D eigenvalue weighted by Crippen LogP contribution is -2.64. The van der Waals surface area contributed by atoms with Crippen molar-refractivity contribution in [3.63, 3.8) is 0 Å². The topological polar surface area (TPSA) is 119 Å². The van der Waals surface area contributed by atoms with Crippen LogP contribution in [0.5, 0.6) is 11.5 Å². The number of carbonyl (C=O) groups excluding carboxylic acids is 1. The summed E-state index contributed by atoms with van der Waals surface area (Å²) in [6.45, 7) is 4.89. The average Bonchev–Trinajstić information content (AvgIpc) is 3.16. The van der Waals surface area contributed by atoms with Crippen molar-refractivity contribution in [2.45, 2.75) is 73.3 Å². The smallest absolute Gasteiger partial charge is 0.412 e. The molecule has 1 heterocycles. The van der Waals surface area contributed by atoms with Crippen LogP contribution >= 0.6 is 11.8 Å². The number of rotatable bonds is 17. The normalized spacial score (nSPS) is 25.2. The zero-order chi connectivity index (χ0) is 36.3. The number of hydrogen-bond acceptors (Lipinski definition) is 9. The van der Waals surface area contributed by atoms with E-state index >= 15 is 0 Å². The van der Waals surface area contributed by atoms with E-state index in [0.29, 0.717) is 37.3 Å². The number of benzene rings is 3. The molecule has 0 aromatic heterocycles. The van der Waals surface area contributed by atoms with Gasteiger partial charge >= 0.3 is 6.09 Å². The van der Waals surface area contributed by atoms with Crippen LogP contribution in [0.15, 0.2) is 113 Å². The first-order valence-corrected chi connectivity index (χ1v) is 19.2. The summed E-state index contributed by atoms with van der Waals surface area (Å²) < 4.78 is 20.0. The van der Waals surface area contributed by atoms with Crippen molar-refractivity contribution in [3.05, 3.63) is 114 Å². The molecule has 1 aliphatic heterocycles. The van der Waals surface area contributed by atoms with Crippen molar-refractivity contribution in [2.75, 3.05) is 26.9 Å². The second-order valence-corrected chi connectivity index (χ2v) is 14.9. The van der Waals surface area contributed by atoms with Crippen LogP contribution in [-0.2, 0) is 16.1 Å². The molecule has 1 fully saturated rings. The molecule has 3 N–H and O–H groups in total. The minimum atomic E-state index is -1.09. The highest BCUT2D eigenvalue weighted by Crippen LogP contribution is 2.63. The molecule has 2 aliphatic carbocycles. The third-order valence-electron chi connectivity index (χ3n) is 10.3. The Bertz CT molecular complexity index is 1700. The van der Waals surface area contributed by atoms with Crippen molar-refractivity contribution in [3.8, 4) is 11.5 Å². The molecular formula is C42H50N2O7S. The number of unbranched alkanes of at least 4 members (excludes halogenated alkanes) is 2. The van der Waals surface area contributed by atoms with E-state index in [2.05, 4.69) is 35.3 Å².